The molecular formula is C23H24F3N3O3. The largest absolute Gasteiger partial charge is 0.425 e. The van der Waals surface area contributed by atoms with E-state index in [0.29, 0.717) is 11.3 Å². The van der Waals surface area contributed by atoms with E-state index in [1.807, 2.05) is 44.2 Å². The van der Waals surface area contributed by atoms with E-state index in [0.717, 1.165) is 17.7 Å². The quantitative estimate of drug-likeness (QED) is 0.632. The molecule has 0 saturated carbocycles. The Bertz CT molecular complexity index is 980. The van der Waals surface area contributed by atoms with Crippen molar-refractivity contribution in [2.75, 3.05) is 6.54 Å². The lowest BCUT2D eigenvalue weighted by molar-refractivity contribution is -0.198. The fraction of sp³-hybridized carbons (Fsp3) is 0.348. The Morgan fingerprint density at radius 3 is 2.12 bits per heavy atom. The predicted octanol–water partition coefficient (Wildman–Crippen LogP) is 3.90. The Morgan fingerprint density at radius 1 is 1.03 bits per heavy atom. The maximum absolute atomic E-state index is 14.0. The molecule has 0 bridgehead atoms. The van der Waals surface area contributed by atoms with Crippen LogP contribution >= 0.6 is 0 Å². The van der Waals surface area contributed by atoms with Crippen molar-refractivity contribution in [1.82, 2.24) is 15.5 Å². The first-order valence-electron chi connectivity index (χ1n) is 10.2. The smallest absolute Gasteiger partial charge is 0.348 e. The number of amides is 4. The second kappa shape index (κ2) is 9.02. The van der Waals surface area contributed by atoms with Gasteiger partial charge in [0, 0.05) is 0 Å². The van der Waals surface area contributed by atoms with Crippen molar-refractivity contribution in [2.24, 2.45) is 5.92 Å². The predicted molar refractivity (Wildman–Crippen MR) is 111 cm³/mol. The molecule has 1 saturated heterocycles. The maximum Gasteiger partial charge on any atom is 0.425 e. The number of imide groups is 1. The zero-order valence-electron chi connectivity index (χ0n) is 17.6. The average molecular weight is 447 g/mol. The molecule has 1 heterocycles. The van der Waals surface area contributed by atoms with Crippen molar-refractivity contribution in [1.29, 1.82) is 0 Å². The number of benzene rings is 2. The molecule has 2 aromatic carbocycles. The summed E-state index contributed by atoms with van der Waals surface area (Å²) in [4.78, 5) is 38.3. The second-order valence-electron chi connectivity index (χ2n) is 8.10. The zero-order valence-corrected chi connectivity index (χ0v) is 17.6. The van der Waals surface area contributed by atoms with Crippen LogP contribution in [0, 0.1) is 5.92 Å². The SMILES string of the molecule is CC(C)CC(NC(=O)CN1C(=O)NC(c2ccccc2)(C(F)(F)F)C1=O)c1ccccc1. The van der Waals surface area contributed by atoms with E-state index in [1.165, 1.54) is 18.2 Å². The van der Waals surface area contributed by atoms with Gasteiger partial charge in [-0.3, -0.25) is 14.5 Å². The Morgan fingerprint density at radius 2 is 1.59 bits per heavy atom. The van der Waals surface area contributed by atoms with Gasteiger partial charge < -0.3 is 10.6 Å². The molecule has 0 radical (unpaired) electrons. The molecule has 9 heteroatoms. The highest BCUT2D eigenvalue weighted by molar-refractivity contribution is 6.10. The molecule has 6 nitrogen and oxygen atoms in total. The lowest BCUT2D eigenvalue weighted by Crippen LogP contribution is -2.56. The number of hydrogen-bond acceptors (Lipinski definition) is 3. The number of carbonyl (C=O) groups excluding carboxylic acids is 3. The standard InChI is InChI=1S/C23H24F3N3O3/c1-15(2)13-18(16-9-5-3-6-10-16)27-19(30)14-29-20(31)22(23(24,25)26,28-21(29)32)17-11-7-4-8-12-17/h3-12,15,18H,13-14H2,1-2H3,(H,27,30)(H,28,32). The monoisotopic (exact) mass is 447 g/mol. The molecule has 0 aliphatic carbocycles. The third kappa shape index (κ3) is 4.46. The van der Waals surface area contributed by atoms with Crippen LogP contribution in [0.1, 0.15) is 37.4 Å². The van der Waals surface area contributed by atoms with Gasteiger partial charge in [-0.2, -0.15) is 13.2 Å². The molecular weight excluding hydrogens is 423 g/mol. The van der Waals surface area contributed by atoms with E-state index >= 15 is 0 Å². The van der Waals surface area contributed by atoms with Crippen LogP contribution in [0.2, 0.25) is 0 Å². The number of rotatable bonds is 7. The van der Waals surface area contributed by atoms with Crippen LogP contribution in [-0.2, 0) is 15.1 Å². The first kappa shape index (κ1) is 23.3. The summed E-state index contributed by atoms with van der Waals surface area (Å²) in [5, 5.41) is 4.52. The lowest BCUT2D eigenvalue weighted by Gasteiger charge is -2.29. The minimum absolute atomic E-state index is 0.216. The molecule has 1 aliphatic rings. The molecule has 1 fully saturated rings. The highest BCUT2D eigenvalue weighted by Crippen LogP contribution is 2.43. The molecule has 2 unspecified atom stereocenters. The van der Waals surface area contributed by atoms with Gasteiger partial charge in [0.05, 0.1) is 6.04 Å². The zero-order chi connectivity index (χ0) is 23.5. The highest BCUT2D eigenvalue weighted by atomic mass is 19.4. The van der Waals surface area contributed by atoms with Crippen molar-refractivity contribution < 1.29 is 27.6 Å². The van der Waals surface area contributed by atoms with Crippen LogP contribution in [0.15, 0.2) is 60.7 Å². The molecule has 32 heavy (non-hydrogen) atoms. The first-order chi connectivity index (χ1) is 15.1. The number of nitrogens with one attached hydrogen (secondary N) is 2. The summed E-state index contributed by atoms with van der Waals surface area (Å²) in [5.41, 5.74) is -2.83. The van der Waals surface area contributed by atoms with Gasteiger partial charge in [-0.1, -0.05) is 74.5 Å². The third-order valence-electron chi connectivity index (χ3n) is 5.28. The summed E-state index contributed by atoms with van der Waals surface area (Å²) >= 11 is 0. The van der Waals surface area contributed by atoms with E-state index in [4.69, 9.17) is 0 Å². The molecule has 2 aromatic rings. The molecule has 170 valence electrons. The highest BCUT2D eigenvalue weighted by Gasteiger charge is 2.68. The fourth-order valence-corrected chi connectivity index (χ4v) is 3.78. The van der Waals surface area contributed by atoms with Gasteiger partial charge >= 0.3 is 12.2 Å². The van der Waals surface area contributed by atoms with E-state index < -0.39 is 47.7 Å². The van der Waals surface area contributed by atoms with E-state index in [-0.39, 0.29) is 5.92 Å². The van der Waals surface area contributed by atoms with Crippen molar-refractivity contribution in [2.45, 2.75) is 38.0 Å². The van der Waals surface area contributed by atoms with Crippen LogP contribution in [0.5, 0.6) is 0 Å². The molecule has 3 rings (SSSR count). The average Bonchev–Trinajstić information content (AvgIpc) is 3.00. The summed E-state index contributed by atoms with van der Waals surface area (Å²) in [7, 11) is 0. The van der Waals surface area contributed by atoms with Crippen LogP contribution in [0.4, 0.5) is 18.0 Å². The second-order valence-corrected chi connectivity index (χ2v) is 8.10. The van der Waals surface area contributed by atoms with Crippen molar-refractivity contribution in [3.63, 3.8) is 0 Å². The van der Waals surface area contributed by atoms with E-state index in [1.54, 1.807) is 5.32 Å². The van der Waals surface area contributed by atoms with Crippen molar-refractivity contribution >= 4 is 17.8 Å². The molecule has 0 aromatic heterocycles. The van der Waals surface area contributed by atoms with E-state index in [9.17, 15) is 27.6 Å². The number of nitrogens with zero attached hydrogens (tertiary/aromatic N) is 1. The van der Waals surface area contributed by atoms with Gasteiger partial charge in [0.15, 0.2) is 0 Å². The lowest BCUT2D eigenvalue weighted by atomic mass is 9.89. The summed E-state index contributed by atoms with van der Waals surface area (Å²) < 4.78 is 42.1. The molecule has 2 N–H and O–H groups in total. The number of alkyl halides is 3. The molecule has 2 atom stereocenters. The molecule has 0 spiro atoms. The summed E-state index contributed by atoms with van der Waals surface area (Å²) in [6.07, 6.45) is -4.52. The van der Waals surface area contributed by atoms with E-state index in [2.05, 4.69) is 5.32 Å². The summed E-state index contributed by atoms with van der Waals surface area (Å²) in [6.45, 7) is 3.12. The first-order valence-corrected chi connectivity index (χ1v) is 10.2. The van der Waals surface area contributed by atoms with Gasteiger partial charge in [0.1, 0.15) is 6.54 Å². The van der Waals surface area contributed by atoms with Crippen LogP contribution in [-0.4, -0.2) is 35.5 Å². The van der Waals surface area contributed by atoms with Gasteiger partial charge in [0.2, 0.25) is 11.4 Å². The number of halogens is 3. The summed E-state index contributed by atoms with van der Waals surface area (Å²) in [6, 6.07) is 13.8. The number of hydrogen-bond donors (Lipinski definition) is 2. The number of carbonyl (C=O) groups is 3. The normalized spacial score (nSPS) is 19.8. The van der Waals surface area contributed by atoms with Crippen LogP contribution < -0.4 is 10.6 Å². The van der Waals surface area contributed by atoms with Crippen molar-refractivity contribution in [3.05, 3.63) is 71.8 Å². The van der Waals surface area contributed by atoms with Gasteiger partial charge in [-0.25, -0.2) is 4.79 Å². The third-order valence-corrected chi connectivity index (χ3v) is 5.28. The fourth-order valence-electron chi connectivity index (χ4n) is 3.78. The Labute approximate surface area is 183 Å². The minimum Gasteiger partial charge on any atom is -0.348 e. The molecule has 1 aliphatic heterocycles. The molecule has 4 amide bonds. The Hall–Kier alpha value is -3.36. The van der Waals surface area contributed by atoms with Gasteiger partial charge in [-0.05, 0) is 23.5 Å². The maximum atomic E-state index is 14.0. The minimum atomic E-state index is -5.10. The van der Waals surface area contributed by atoms with Crippen LogP contribution in [0.25, 0.3) is 0 Å². The summed E-state index contributed by atoms with van der Waals surface area (Å²) in [5.74, 6) is -2.04. The Balaban J connectivity index is 1.83. The van der Waals surface area contributed by atoms with Crippen LogP contribution in [0.3, 0.4) is 0 Å². The Kier molecular flexibility index (Phi) is 6.57. The topological polar surface area (TPSA) is 78.5 Å². The van der Waals surface area contributed by atoms with Gasteiger partial charge in [0.25, 0.3) is 5.91 Å². The number of urea groups is 1. The van der Waals surface area contributed by atoms with Crippen molar-refractivity contribution in [3.8, 4) is 0 Å². The van der Waals surface area contributed by atoms with Gasteiger partial charge in [-0.15, -0.1) is 0 Å².